The summed E-state index contributed by atoms with van der Waals surface area (Å²) in [4.78, 5) is 2.28. The zero-order valence-electron chi connectivity index (χ0n) is 16.8. The topological polar surface area (TPSA) is 78.0 Å². The molecule has 0 radical (unpaired) electrons. The first-order valence-electron chi connectivity index (χ1n) is 10.1. The summed E-state index contributed by atoms with van der Waals surface area (Å²) in [5.74, 6) is 0.00333. The van der Waals surface area contributed by atoms with Crippen LogP contribution in [0.15, 0.2) is 29.2 Å². The highest BCUT2D eigenvalue weighted by molar-refractivity contribution is 7.91. The molecule has 2 aliphatic rings. The van der Waals surface area contributed by atoms with Gasteiger partial charge in [0.15, 0.2) is 9.84 Å². The van der Waals surface area contributed by atoms with Gasteiger partial charge in [-0.25, -0.2) is 8.42 Å². The summed E-state index contributed by atoms with van der Waals surface area (Å²) < 4.78 is 54.0. The van der Waals surface area contributed by atoms with E-state index in [-0.39, 0.29) is 16.7 Å². The lowest BCUT2D eigenvalue weighted by molar-refractivity contribution is 0.183. The maximum atomic E-state index is 12.9. The summed E-state index contributed by atoms with van der Waals surface area (Å²) in [6.45, 7) is 2.24. The van der Waals surface area contributed by atoms with Crippen molar-refractivity contribution in [1.29, 1.82) is 0 Å². The molecule has 0 spiro atoms. The van der Waals surface area contributed by atoms with E-state index in [1.54, 1.807) is 23.5 Å². The summed E-state index contributed by atoms with van der Waals surface area (Å²) >= 11 is 5.82. The van der Waals surface area contributed by atoms with Gasteiger partial charge in [0.2, 0.25) is 0 Å². The van der Waals surface area contributed by atoms with Gasteiger partial charge >= 0.3 is 0 Å². The molecule has 1 aromatic rings. The molecule has 1 aromatic carbocycles. The van der Waals surface area contributed by atoms with Crippen LogP contribution in [0.2, 0.25) is 5.02 Å². The molecular weight excluding hydrogens is 434 g/mol. The van der Waals surface area contributed by atoms with Crippen LogP contribution in [-0.2, 0) is 20.0 Å². The molecule has 10 heteroatoms. The van der Waals surface area contributed by atoms with Crippen molar-refractivity contribution in [3.8, 4) is 0 Å². The number of nitrogens with zero attached hydrogens (tertiary/aromatic N) is 3. The highest BCUT2D eigenvalue weighted by atomic mass is 35.5. The predicted molar refractivity (Wildman–Crippen MR) is 115 cm³/mol. The van der Waals surface area contributed by atoms with E-state index in [9.17, 15) is 16.8 Å². The first kappa shape index (κ1) is 23.0. The fourth-order valence-corrected chi connectivity index (χ4v) is 7.00. The first-order chi connectivity index (χ1) is 13.7. The van der Waals surface area contributed by atoms with E-state index in [4.69, 9.17) is 11.6 Å². The molecular formula is C19H30ClN3O4S2. The Morgan fingerprint density at radius 2 is 1.55 bits per heavy atom. The largest absolute Gasteiger partial charge is 0.300 e. The Morgan fingerprint density at radius 1 is 0.966 bits per heavy atom. The quantitative estimate of drug-likeness (QED) is 0.619. The summed E-state index contributed by atoms with van der Waals surface area (Å²) in [5, 5.41) is 0.500. The second-order valence-electron chi connectivity index (χ2n) is 7.83. The molecule has 0 atom stereocenters. The number of halogens is 1. The van der Waals surface area contributed by atoms with Crippen LogP contribution >= 0.6 is 11.6 Å². The van der Waals surface area contributed by atoms with Crippen molar-refractivity contribution in [3.63, 3.8) is 0 Å². The predicted octanol–water partition coefficient (Wildman–Crippen LogP) is 2.24. The SMILES string of the molecule is CN(C1CCCCC1)S(=O)(=O)N1CCN(CCS(=O)(=O)c2ccc(Cl)cc2)CC1. The molecule has 2 fully saturated rings. The summed E-state index contributed by atoms with van der Waals surface area (Å²) in [6.07, 6.45) is 5.21. The maximum Gasteiger partial charge on any atom is 0.282 e. The minimum atomic E-state index is -3.47. The van der Waals surface area contributed by atoms with E-state index in [2.05, 4.69) is 0 Å². The van der Waals surface area contributed by atoms with Crippen LogP contribution in [0.1, 0.15) is 32.1 Å². The fourth-order valence-electron chi connectivity index (χ4n) is 4.01. The van der Waals surface area contributed by atoms with Gasteiger partial charge in [0.1, 0.15) is 0 Å². The molecule has 1 aliphatic carbocycles. The monoisotopic (exact) mass is 463 g/mol. The lowest BCUT2D eigenvalue weighted by Crippen LogP contribution is -2.54. The van der Waals surface area contributed by atoms with Crippen molar-refractivity contribution in [1.82, 2.24) is 13.5 Å². The third-order valence-corrected chi connectivity index (χ3v) is 9.97. The summed E-state index contributed by atoms with van der Waals surface area (Å²) in [7, 11) is -5.16. The zero-order chi connectivity index (χ0) is 21.1. The smallest absolute Gasteiger partial charge is 0.282 e. The minimum Gasteiger partial charge on any atom is -0.300 e. The Labute approximate surface area is 179 Å². The number of piperazine rings is 1. The molecule has 164 valence electrons. The Bertz CT molecular complexity index is 877. The van der Waals surface area contributed by atoms with Crippen molar-refractivity contribution in [2.45, 2.75) is 43.0 Å². The van der Waals surface area contributed by atoms with Crippen LogP contribution in [0.25, 0.3) is 0 Å². The Kier molecular flexibility index (Phi) is 7.61. The highest BCUT2D eigenvalue weighted by Crippen LogP contribution is 2.25. The summed E-state index contributed by atoms with van der Waals surface area (Å²) in [5.41, 5.74) is 0. The Hall–Kier alpha value is -0.710. The third-order valence-electron chi connectivity index (χ3n) is 5.96. The molecule has 1 heterocycles. The molecule has 1 saturated heterocycles. The van der Waals surface area contributed by atoms with Crippen LogP contribution in [0, 0.1) is 0 Å². The van der Waals surface area contributed by atoms with Gasteiger partial charge in [0.05, 0.1) is 10.6 Å². The molecule has 1 aliphatic heterocycles. The van der Waals surface area contributed by atoms with Gasteiger partial charge in [0.25, 0.3) is 10.2 Å². The van der Waals surface area contributed by atoms with Crippen LogP contribution in [0.5, 0.6) is 0 Å². The fraction of sp³-hybridized carbons (Fsp3) is 0.684. The number of benzene rings is 1. The van der Waals surface area contributed by atoms with Gasteiger partial charge in [-0.2, -0.15) is 17.0 Å². The Morgan fingerprint density at radius 3 is 2.14 bits per heavy atom. The molecule has 7 nitrogen and oxygen atoms in total. The Balaban J connectivity index is 1.51. The second-order valence-corrected chi connectivity index (χ2v) is 12.4. The van der Waals surface area contributed by atoms with Crippen LogP contribution in [-0.4, -0.2) is 81.9 Å². The van der Waals surface area contributed by atoms with Crippen molar-refractivity contribution < 1.29 is 16.8 Å². The van der Waals surface area contributed by atoms with E-state index >= 15 is 0 Å². The molecule has 0 bridgehead atoms. The van der Waals surface area contributed by atoms with Gasteiger partial charge < -0.3 is 0 Å². The van der Waals surface area contributed by atoms with E-state index in [1.165, 1.54) is 22.9 Å². The number of rotatable bonds is 7. The molecule has 0 amide bonds. The van der Waals surface area contributed by atoms with Gasteiger partial charge in [-0.1, -0.05) is 30.9 Å². The average molecular weight is 464 g/mol. The lowest BCUT2D eigenvalue weighted by atomic mass is 9.96. The third kappa shape index (κ3) is 5.71. The molecule has 3 rings (SSSR count). The van der Waals surface area contributed by atoms with E-state index < -0.39 is 20.0 Å². The van der Waals surface area contributed by atoms with Crippen LogP contribution in [0.3, 0.4) is 0 Å². The highest BCUT2D eigenvalue weighted by Gasteiger charge is 2.34. The molecule has 0 aromatic heterocycles. The molecule has 29 heavy (non-hydrogen) atoms. The average Bonchev–Trinajstić information content (AvgIpc) is 2.73. The number of hydrogen-bond donors (Lipinski definition) is 0. The first-order valence-corrected chi connectivity index (χ1v) is 13.6. The van der Waals surface area contributed by atoms with Gasteiger partial charge in [-0.15, -0.1) is 0 Å². The number of hydrogen-bond acceptors (Lipinski definition) is 5. The lowest BCUT2D eigenvalue weighted by Gasteiger charge is -2.38. The van der Waals surface area contributed by atoms with Crippen LogP contribution in [0.4, 0.5) is 0 Å². The second kappa shape index (κ2) is 9.62. The standard InChI is InChI=1S/C19H30ClN3O4S2/c1-21(18-5-3-2-4-6-18)29(26,27)23-13-11-22(12-14-23)15-16-28(24,25)19-9-7-17(20)8-10-19/h7-10,18H,2-6,11-16H2,1H3. The molecule has 1 saturated carbocycles. The van der Waals surface area contributed by atoms with E-state index in [0.29, 0.717) is 37.7 Å². The number of sulfone groups is 1. The van der Waals surface area contributed by atoms with Gasteiger partial charge in [0, 0.05) is 50.8 Å². The van der Waals surface area contributed by atoms with Crippen LogP contribution < -0.4 is 0 Å². The van der Waals surface area contributed by atoms with Gasteiger partial charge in [-0.3, -0.25) is 4.90 Å². The molecule has 0 N–H and O–H groups in total. The van der Waals surface area contributed by atoms with Crippen molar-refractivity contribution in [2.75, 3.05) is 45.5 Å². The van der Waals surface area contributed by atoms with E-state index in [0.717, 1.165) is 25.7 Å². The molecule has 0 unspecified atom stereocenters. The van der Waals surface area contributed by atoms with E-state index in [1.807, 2.05) is 4.90 Å². The summed E-state index contributed by atoms with van der Waals surface area (Å²) in [6, 6.07) is 6.27. The van der Waals surface area contributed by atoms with Crippen molar-refractivity contribution in [3.05, 3.63) is 29.3 Å². The van der Waals surface area contributed by atoms with Crippen molar-refractivity contribution in [2.24, 2.45) is 0 Å². The minimum absolute atomic E-state index is 0.00333. The normalized spacial score (nSPS) is 20.9. The maximum absolute atomic E-state index is 12.9. The zero-order valence-corrected chi connectivity index (χ0v) is 19.2. The van der Waals surface area contributed by atoms with Gasteiger partial charge in [-0.05, 0) is 37.1 Å². The van der Waals surface area contributed by atoms with Crippen molar-refractivity contribution >= 4 is 31.6 Å².